The molecular formula is C18H21ClN2O3. The number of likely N-dealkylation sites (tertiary alicyclic amines) is 1. The number of hydrogen-bond donors (Lipinski definition) is 1. The van der Waals surface area contributed by atoms with Crippen LogP contribution < -0.4 is 0 Å². The van der Waals surface area contributed by atoms with Gasteiger partial charge in [0, 0.05) is 17.1 Å². The smallest absolute Gasteiger partial charge is 0.229 e. The van der Waals surface area contributed by atoms with Gasteiger partial charge in [-0.15, -0.1) is 0 Å². The molecule has 1 saturated heterocycles. The molecule has 0 radical (unpaired) electrons. The van der Waals surface area contributed by atoms with E-state index in [0.29, 0.717) is 29.1 Å². The van der Waals surface area contributed by atoms with E-state index in [1.807, 2.05) is 12.1 Å². The van der Waals surface area contributed by atoms with Crippen molar-refractivity contribution in [3.05, 3.63) is 41.2 Å². The molecule has 0 aliphatic carbocycles. The predicted octanol–water partition coefficient (Wildman–Crippen LogP) is 3.16. The van der Waals surface area contributed by atoms with Crippen molar-refractivity contribution in [2.24, 2.45) is 5.92 Å². The van der Waals surface area contributed by atoms with Gasteiger partial charge in [0.1, 0.15) is 6.26 Å². The third-order valence-corrected chi connectivity index (χ3v) is 4.85. The van der Waals surface area contributed by atoms with Gasteiger partial charge < -0.3 is 14.4 Å². The van der Waals surface area contributed by atoms with Gasteiger partial charge in [-0.05, 0) is 43.0 Å². The molecule has 3 rings (SSSR count). The third-order valence-electron chi connectivity index (χ3n) is 4.60. The number of amides is 1. The van der Waals surface area contributed by atoms with Crippen molar-refractivity contribution in [1.29, 1.82) is 0 Å². The molecule has 6 heteroatoms. The van der Waals surface area contributed by atoms with Crippen LogP contribution in [0.1, 0.15) is 25.5 Å². The summed E-state index contributed by atoms with van der Waals surface area (Å²) in [5, 5.41) is 10.2. The molecule has 1 aliphatic rings. The van der Waals surface area contributed by atoms with Crippen LogP contribution in [-0.4, -0.2) is 40.1 Å². The second-order valence-electron chi connectivity index (χ2n) is 6.28. The molecule has 0 spiro atoms. The number of aromatic nitrogens is 1. The van der Waals surface area contributed by atoms with Crippen LogP contribution in [0.4, 0.5) is 0 Å². The number of hydrogen-bond acceptors (Lipinski definition) is 4. The maximum Gasteiger partial charge on any atom is 0.229 e. The minimum absolute atomic E-state index is 0.00173. The number of benzene rings is 1. The summed E-state index contributed by atoms with van der Waals surface area (Å²) in [7, 11) is 0. The molecule has 5 nitrogen and oxygen atoms in total. The average molecular weight is 349 g/mol. The largest absolute Gasteiger partial charge is 0.444 e. The van der Waals surface area contributed by atoms with Gasteiger partial charge in [0.05, 0.1) is 24.8 Å². The Morgan fingerprint density at radius 3 is 2.88 bits per heavy atom. The van der Waals surface area contributed by atoms with Crippen molar-refractivity contribution in [3.63, 3.8) is 0 Å². The van der Waals surface area contributed by atoms with Gasteiger partial charge in [-0.2, -0.15) is 0 Å². The molecular weight excluding hydrogens is 328 g/mol. The number of carbonyl (C=O) groups excluding carboxylic acids is 1. The predicted molar refractivity (Wildman–Crippen MR) is 91.6 cm³/mol. The van der Waals surface area contributed by atoms with Crippen molar-refractivity contribution >= 4 is 17.5 Å². The number of halogens is 1. The molecule has 1 amide bonds. The Hall–Kier alpha value is -1.85. The topological polar surface area (TPSA) is 66.6 Å². The molecule has 1 aromatic carbocycles. The molecule has 128 valence electrons. The molecule has 1 aliphatic heterocycles. The number of aliphatic hydroxyl groups is 1. The van der Waals surface area contributed by atoms with Gasteiger partial charge in [0.2, 0.25) is 11.8 Å². The van der Waals surface area contributed by atoms with E-state index in [2.05, 4.69) is 11.9 Å². The minimum atomic E-state index is -0.103. The zero-order valence-electron chi connectivity index (χ0n) is 13.6. The summed E-state index contributed by atoms with van der Waals surface area (Å²) in [5.74, 6) is 0.770. The number of piperidine rings is 1. The highest BCUT2D eigenvalue weighted by Gasteiger charge is 2.31. The summed E-state index contributed by atoms with van der Waals surface area (Å²) in [6.45, 7) is 2.77. The number of aliphatic hydroxyl groups excluding tert-OH is 1. The summed E-state index contributed by atoms with van der Waals surface area (Å²) >= 11 is 5.88. The molecule has 0 saturated carbocycles. The van der Waals surface area contributed by atoms with Gasteiger partial charge in [-0.1, -0.05) is 18.5 Å². The van der Waals surface area contributed by atoms with Crippen LogP contribution in [0, 0.1) is 5.92 Å². The zero-order valence-corrected chi connectivity index (χ0v) is 14.4. The molecule has 0 bridgehead atoms. The highest BCUT2D eigenvalue weighted by atomic mass is 35.5. The normalized spacial score (nSPS) is 21.0. The van der Waals surface area contributed by atoms with Crippen molar-refractivity contribution in [2.75, 3.05) is 13.2 Å². The number of nitrogens with zero attached hydrogens (tertiary/aromatic N) is 2. The number of carbonyl (C=O) groups is 1. The van der Waals surface area contributed by atoms with Crippen LogP contribution in [0.5, 0.6) is 0 Å². The Balaban J connectivity index is 1.70. The fourth-order valence-corrected chi connectivity index (χ4v) is 3.33. The van der Waals surface area contributed by atoms with E-state index in [0.717, 1.165) is 18.4 Å². The van der Waals surface area contributed by atoms with E-state index in [1.165, 1.54) is 6.26 Å². The highest BCUT2D eigenvalue weighted by molar-refractivity contribution is 6.30. The van der Waals surface area contributed by atoms with Crippen molar-refractivity contribution in [1.82, 2.24) is 9.88 Å². The van der Waals surface area contributed by atoms with Gasteiger partial charge in [-0.3, -0.25) is 4.79 Å². The van der Waals surface area contributed by atoms with E-state index in [-0.39, 0.29) is 25.0 Å². The molecule has 1 fully saturated rings. The molecule has 2 heterocycles. The summed E-state index contributed by atoms with van der Waals surface area (Å²) in [6.07, 6.45) is 3.71. The van der Waals surface area contributed by atoms with E-state index < -0.39 is 0 Å². The number of rotatable bonds is 4. The van der Waals surface area contributed by atoms with Crippen LogP contribution in [0.2, 0.25) is 5.02 Å². The molecule has 2 unspecified atom stereocenters. The Bertz CT molecular complexity index is 699. The number of oxazole rings is 1. The van der Waals surface area contributed by atoms with Crippen molar-refractivity contribution in [2.45, 2.75) is 32.2 Å². The first-order chi connectivity index (χ1) is 11.6. The Morgan fingerprint density at radius 2 is 2.17 bits per heavy atom. The van der Waals surface area contributed by atoms with Crippen LogP contribution in [-0.2, 0) is 11.2 Å². The maximum atomic E-state index is 12.6. The Labute approximate surface area is 146 Å². The molecule has 1 N–H and O–H groups in total. The average Bonchev–Trinajstić information content (AvgIpc) is 3.03. The summed E-state index contributed by atoms with van der Waals surface area (Å²) in [6, 6.07) is 7.09. The van der Waals surface area contributed by atoms with Crippen LogP contribution in [0.3, 0.4) is 0 Å². The van der Waals surface area contributed by atoms with E-state index in [4.69, 9.17) is 16.0 Å². The van der Waals surface area contributed by atoms with Crippen LogP contribution >= 0.6 is 11.6 Å². The Kier molecular flexibility index (Phi) is 5.21. The fourth-order valence-electron chi connectivity index (χ4n) is 3.21. The van der Waals surface area contributed by atoms with Crippen molar-refractivity contribution in [3.8, 4) is 11.5 Å². The second-order valence-corrected chi connectivity index (χ2v) is 6.72. The summed E-state index contributed by atoms with van der Waals surface area (Å²) in [4.78, 5) is 18.8. The standard InChI is InChI=1S/C18H21ClN2O3/c1-12-3-2-8-21(16(12)10-22)17(23)9-15-11-24-18(20-15)13-4-6-14(19)7-5-13/h4-7,11-12,16,22H,2-3,8-10H2,1H3. The van der Waals surface area contributed by atoms with Crippen LogP contribution in [0.25, 0.3) is 11.5 Å². The third kappa shape index (κ3) is 3.62. The second kappa shape index (κ2) is 7.36. The van der Waals surface area contributed by atoms with E-state index in [9.17, 15) is 9.90 Å². The lowest BCUT2D eigenvalue weighted by Gasteiger charge is -2.39. The minimum Gasteiger partial charge on any atom is -0.444 e. The first-order valence-corrected chi connectivity index (χ1v) is 8.57. The summed E-state index contributed by atoms with van der Waals surface area (Å²) in [5.41, 5.74) is 1.41. The lowest BCUT2D eigenvalue weighted by molar-refractivity contribution is -0.136. The molecule has 24 heavy (non-hydrogen) atoms. The van der Waals surface area contributed by atoms with Gasteiger partial charge in [0.15, 0.2) is 0 Å². The van der Waals surface area contributed by atoms with E-state index in [1.54, 1.807) is 17.0 Å². The van der Waals surface area contributed by atoms with Gasteiger partial charge >= 0.3 is 0 Å². The van der Waals surface area contributed by atoms with Gasteiger partial charge in [0.25, 0.3) is 0 Å². The SMILES string of the molecule is CC1CCCN(C(=O)Cc2coc(-c3ccc(Cl)cc3)n2)C1CO. The van der Waals surface area contributed by atoms with Crippen LogP contribution in [0.15, 0.2) is 34.9 Å². The van der Waals surface area contributed by atoms with Gasteiger partial charge in [-0.25, -0.2) is 4.98 Å². The molecule has 2 atom stereocenters. The first-order valence-electron chi connectivity index (χ1n) is 8.19. The first kappa shape index (κ1) is 17.0. The maximum absolute atomic E-state index is 12.6. The van der Waals surface area contributed by atoms with Crippen molar-refractivity contribution < 1.29 is 14.3 Å². The monoisotopic (exact) mass is 348 g/mol. The summed E-state index contributed by atoms with van der Waals surface area (Å²) < 4.78 is 5.48. The zero-order chi connectivity index (χ0) is 17.1. The lowest BCUT2D eigenvalue weighted by atomic mass is 9.91. The molecule has 1 aromatic heterocycles. The fraction of sp³-hybridized carbons (Fsp3) is 0.444. The molecule has 2 aromatic rings. The quantitative estimate of drug-likeness (QED) is 0.921. The Morgan fingerprint density at radius 1 is 1.42 bits per heavy atom. The highest BCUT2D eigenvalue weighted by Crippen LogP contribution is 2.25. The van der Waals surface area contributed by atoms with E-state index >= 15 is 0 Å². The lowest BCUT2D eigenvalue weighted by Crippen LogP contribution is -2.50.